The predicted molar refractivity (Wildman–Crippen MR) is 62.1 cm³/mol. The van der Waals surface area contributed by atoms with Gasteiger partial charge in [-0.1, -0.05) is 19.1 Å². The molecule has 1 aromatic carbocycles. The molecule has 4 heteroatoms. The van der Waals surface area contributed by atoms with Gasteiger partial charge in [-0.05, 0) is 28.4 Å². The zero-order valence-electron chi connectivity index (χ0n) is 8.84. The molecule has 0 bridgehead atoms. The first-order valence-corrected chi connectivity index (χ1v) is 5.63. The molecule has 0 aliphatic rings. The topological polar surface area (TPSA) is 35.2 Å². The smallest absolute Gasteiger partial charge is 0.142 e. The Morgan fingerprint density at radius 3 is 2.73 bits per heavy atom. The molecule has 0 aromatic heterocycles. The molecule has 0 fully saturated rings. The number of halogens is 2. The largest absolute Gasteiger partial charge is 0.379 e. The third kappa shape index (κ3) is 2.77. The molecular weight excluding hydrogens is 261 g/mol. The first kappa shape index (κ1) is 12.6. The van der Waals surface area contributed by atoms with Crippen LogP contribution in [0.25, 0.3) is 0 Å². The fraction of sp³-hybridized carbons (Fsp3) is 0.455. The van der Waals surface area contributed by atoms with E-state index in [4.69, 9.17) is 10.5 Å². The van der Waals surface area contributed by atoms with Crippen LogP contribution in [0.15, 0.2) is 22.7 Å². The fourth-order valence-corrected chi connectivity index (χ4v) is 1.93. The van der Waals surface area contributed by atoms with E-state index in [1.807, 2.05) is 6.92 Å². The van der Waals surface area contributed by atoms with Crippen LogP contribution in [0, 0.1) is 5.82 Å². The van der Waals surface area contributed by atoms with Crippen molar-refractivity contribution in [1.29, 1.82) is 0 Å². The van der Waals surface area contributed by atoms with Crippen molar-refractivity contribution in [2.75, 3.05) is 7.11 Å². The summed E-state index contributed by atoms with van der Waals surface area (Å²) in [6, 6.07) is 4.67. The lowest BCUT2D eigenvalue weighted by Crippen LogP contribution is -2.28. The second-order valence-corrected chi connectivity index (χ2v) is 4.21. The fourth-order valence-electron chi connectivity index (χ4n) is 1.55. The molecule has 0 heterocycles. The lowest BCUT2D eigenvalue weighted by molar-refractivity contribution is 0.0761. The van der Waals surface area contributed by atoms with Gasteiger partial charge in [0.2, 0.25) is 0 Å². The van der Waals surface area contributed by atoms with Crippen molar-refractivity contribution >= 4 is 15.9 Å². The van der Waals surface area contributed by atoms with E-state index in [0.29, 0.717) is 10.0 Å². The van der Waals surface area contributed by atoms with Crippen LogP contribution in [0.1, 0.15) is 24.9 Å². The number of hydrogen-bond donors (Lipinski definition) is 1. The van der Waals surface area contributed by atoms with Crippen molar-refractivity contribution < 1.29 is 9.13 Å². The molecular formula is C11H15BrFNO. The van der Waals surface area contributed by atoms with Crippen LogP contribution in [-0.2, 0) is 4.74 Å². The van der Waals surface area contributed by atoms with Crippen LogP contribution < -0.4 is 5.73 Å². The lowest BCUT2D eigenvalue weighted by Gasteiger charge is -2.22. The zero-order chi connectivity index (χ0) is 11.4. The Balaban J connectivity index is 2.99. The zero-order valence-corrected chi connectivity index (χ0v) is 10.4. The molecule has 2 unspecified atom stereocenters. The van der Waals surface area contributed by atoms with Gasteiger partial charge >= 0.3 is 0 Å². The maximum absolute atomic E-state index is 13.7. The van der Waals surface area contributed by atoms with Gasteiger partial charge < -0.3 is 10.5 Å². The van der Waals surface area contributed by atoms with Crippen molar-refractivity contribution in [2.24, 2.45) is 5.73 Å². The minimum absolute atomic E-state index is 0.159. The molecule has 0 aliphatic heterocycles. The quantitative estimate of drug-likeness (QED) is 0.917. The van der Waals surface area contributed by atoms with Gasteiger partial charge in [0.1, 0.15) is 5.82 Å². The van der Waals surface area contributed by atoms with Gasteiger partial charge in [-0.2, -0.15) is 0 Å². The molecule has 84 valence electrons. The van der Waals surface area contributed by atoms with E-state index in [9.17, 15) is 4.39 Å². The van der Waals surface area contributed by atoms with Crippen LogP contribution >= 0.6 is 15.9 Å². The molecule has 2 nitrogen and oxygen atoms in total. The molecule has 1 rings (SSSR count). The SMILES string of the molecule is CCC(OC)C(N)c1cccc(Br)c1F. The average molecular weight is 276 g/mol. The van der Waals surface area contributed by atoms with Crippen LogP contribution in [-0.4, -0.2) is 13.2 Å². The van der Waals surface area contributed by atoms with Crippen LogP contribution in [0.5, 0.6) is 0 Å². The molecule has 1 aromatic rings. The molecule has 0 radical (unpaired) electrons. The van der Waals surface area contributed by atoms with Gasteiger partial charge in [-0.25, -0.2) is 4.39 Å². The third-order valence-electron chi connectivity index (χ3n) is 2.45. The Bertz CT molecular complexity index is 328. The van der Waals surface area contributed by atoms with E-state index >= 15 is 0 Å². The summed E-state index contributed by atoms with van der Waals surface area (Å²) >= 11 is 3.14. The van der Waals surface area contributed by atoms with Gasteiger partial charge in [0.25, 0.3) is 0 Å². The highest BCUT2D eigenvalue weighted by Crippen LogP contribution is 2.26. The van der Waals surface area contributed by atoms with Crippen molar-refractivity contribution in [2.45, 2.75) is 25.5 Å². The first-order chi connectivity index (χ1) is 7.11. The summed E-state index contributed by atoms with van der Waals surface area (Å²) in [5, 5.41) is 0. The Kier molecular flexibility index (Phi) is 4.70. The van der Waals surface area contributed by atoms with E-state index in [-0.39, 0.29) is 11.9 Å². The number of benzene rings is 1. The molecule has 2 atom stereocenters. The number of hydrogen-bond acceptors (Lipinski definition) is 2. The summed E-state index contributed by atoms with van der Waals surface area (Å²) in [5.41, 5.74) is 6.43. The van der Waals surface area contributed by atoms with E-state index in [1.165, 1.54) is 0 Å². The van der Waals surface area contributed by atoms with Gasteiger partial charge in [0.05, 0.1) is 16.6 Å². The molecule has 2 N–H and O–H groups in total. The standard InChI is InChI=1S/C11H15BrFNO/c1-3-9(15-2)11(14)7-5-4-6-8(12)10(7)13/h4-6,9,11H,3,14H2,1-2H3. The van der Waals surface area contributed by atoms with Crippen LogP contribution in [0.4, 0.5) is 4.39 Å². The third-order valence-corrected chi connectivity index (χ3v) is 3.06. The highest BCUT2D eigenvalue weighted by molar-refractivity contribution is 9.10. The Morgan fingerprint density at radius 1 is 1.53 bits per heavy atom. The number of methoxy groups -OCH3 is 1. The van der Waals surface area contributed by atoms with Gasteiger partial charge in [-0.3, -0.25) is 0 Å². The lowest BCUT2D eigenvalue weighted by atomic mass is 10.00. The molecule has 15 heavy (non-hydrogen) atoms. The highest BCUT2D eigenvalue weighted by Gasteiger charge is 2.21. The number of ether oxygens (including phenoxy) is 1. The Labute approximate surface area is 97.7 Å². The minimum atomic E-state index is -0.433. The Morgan fingerprint density at radius 2 is 2.20 bits per heavy atom. The average Bonchev–Trinajstić information content (AvgIpc) is 2.23. The maximum Gasteiger partial charge on any atom is 0.142 e. The van der Waals surface area contributed by atoms with E-state index < -0.39 is 6.04 Å². The van der Waals surface area contributed by atoms with Gasteiger partial charge in [-0.15, -0.1) is 0 Å². The van der Waals surface area contributed by atoms with E-state index in [1.54, 1.807) is 25.3 Å². The summed E-state index contributed by atoms with van der Waals surface area (Å²) in [6.45, 7) is 1.96. The molecule has 0 aliphatic carbocycles. The second-order valence-electron chi connectivity index (χ2n) is 3.35. The highest BCUT2D eigenvalue weighted by atomic mass is 79.9. The number of rotatable bonds is 4. The van der Waals surface area contributed by atoms with E-state index in [0.717, 1.165) is 6.42 Å². The Hall–Kier alpha value is -0.450. The normalized spacial score (nSPS) is 15.0. The molecule has 0 saturated carbocycles. The number of nitrogens with two attached hydrogens (primary N) is 1. The molecule has 0 saturated heterocycles. The van der Waals surface area contributed by atoms with Crippen molar-refractivity contribution in [3.05, 3.63) is 34.1 Å². The first-order valence-electron chi connectivity index (χ1n) is 4.84. The molecule has 0 spiro atoms. The summed E-state index contributed by atoms with van der Waals surface area (Å²) in [7, 11) is 1.59. The summed E-state index contributed by atoms with van der Waals surface area (Å²) in [6.07, 6.45) is 0.595. The van der Waals surface area contributed by atoms with Crippen molar-refractivity contribution in [1.82, 2.24) is 0 Å². The monoisotopic (exact) mass is 275 g/mol. The van der Waals surface area contributed by atoms with Crippen LogP contribution in [0.2, 0.25) is 0 Å². The van der Waals surface area contributed by atoms with E-state index in [2.05, 4.69) is 15.9 Å². The predicted octanol–water partition coefficient (Wildman–Crippen LogP) is 3.01. The van der Waals surface area contributed by atoms with Gasteiger partial charge in [0, 0.05) is 12.7 Å². The minimum Gasteiger partial charge on any atom is -0.379 e. The molecule has 0 amide bonds. The van der Waals surface area contributed by atoms with Gasteiger partial charge in [0.15, 0.2) is 0 Å². The van der Waals surface area contributed by atoms with Crippen LogP contribution in [0.3, 0.4) is 0 Å². The summed E-state index contributed by atoms with van der Waals surface area (Å²) < 4.78 is 19.3. The maximum atomic E-state index is 13.7. The van der Waals surface area contributed by atoms with Crippen molar-refractivity contribution in [3.63, 3.8) is 0 Å². The summed E-state index contributed by atoms with van der Waals surface area (Å²) in [4.78, 5) is 0. The second kappa shape index (κ2) is 5.58. The summed E-state index contributed by atoms with van der Waals surface area (Å²) in [5.74, 6) is -0.305. The van der Waals surface area contributed by atoms with Crippen molar-refractivity contribution in [3.8, 4) is 0 Å².